The Kier molecular flexibility index (Phi) is 6.28. The maximum atomic E-state index is 12.4. The van der Waals surface area contributed by atoms with Crippen LogP contribution in [0.15, 0.2) is 17.0 Å². The third-order valence-electron chi connectivity index (χ3n) is 3.70. The predicted molar refractivity (Wildman–Crippen MR) is 93.5 cm³/mol. The fraction of sp³-hybridized carbons (Fsp3) is 0.412. The number of ether oxygens (including phenoxy) is 3. The number of rotatable bonds is 7. The lowest BCUT2D eigenvalue weighted by Crippen LogP contribution is -2.29. The first-order chi connectivity index (χ1) is 11.5. The van der Waals surface area contributed by atoms with Crippen LogP contribution in [0.5, 0.6) is 11.5 Å². The average Bonchev–Trinajstić information content (AvgIpc) is 2.83. The summed E-state index contributed by atoms with van der Waals surface area (Å²) in [5.74, 6) is 1.05. The van der Waals surface area contributed by atoms with E-state index in [9.17, 15) is 9.59 Å². The first-order valence-electron chi connectivity index (χ1n) is 7.49. The molecule has 6 nitrogen and oxygen atoms in total. The van der Waals surface area contributed by atoms with Crippen molar-refractivity contribution in [1.82, 2.24) is 4.90 Å². The summed E-state index contributed by atoms with van der Waals surface area (Å²) < 4.78 is 15.7. The molecule has 0 saturated carbocycles. The molecule has 1 heterocycles. The van der Waals surface area contributed by atoms with Gasteiger partial charge in [-0.15, -0.1) is 0 Å². The van der Waals surface area contributed by atoms with E-state index in [0.717, 1.165) is 22.9 Å². The third kappa shape index (κ3) is 3.73. The Balaban J connectivity index is 2.27. The van der Waals surface area contributed by atoms with Gasteiger partial charge in [0, 0.05) is 31.4 Å². The van der Waals surface area contributed by atoms with Gasteiger partial charge in [-0.25, -0.2) is 0 Å². The molecule has 1 fully saturated rings. The van der Waals surface area contributed by atoms with Gasteiger partial charge >= 0.3 is 0 Å². The molecular formula is C17H21NO5S. The number of methoxy groups -OCH3 is 3. The quantitative estimate of drug-likeness (QED) is 0.556. The summed E-state index contributed by atoms with van der Waals surface area (Å²) in [7, 11) is 4.74. The fourth-order valence-electron chi connectivity index (χ4n) is 2.50. The summed E-state index contributed by atoms with van der Waals surface area (Å²) in [6.45, 7) is 2.74. The zero-order valence-corrected chi connectivity index (χ0v) is 15.1. The normalized spacial score (nSPS) is 16.2. The van der Waals surface area contributed by atoms with Gasteiger partial charge in [-0.3, -0.25) is 14.5 Å². The van der Waals surface area contributed by atoms with Gasteiger partial charge < -0.3 is 14.2 Å². The smallest absolute Gasteiger partial charge is 0.293 e. The van der Waals surface area contributed by atoms with Crippen LogP contribution < -0.4 is 9.47 Å². The minimum atomic E-state index is -0.281. The molecule has 0 N–H and O–H groups in total. The lowest BCUT2D eigenvalue weighted by atomic mass is 10.1. The number of imide groups is 1. The molecule has 0 spiro atoms. The van der Waals surface area contributed by atoms with Crippen LogP contribution >= 0.6 is 11.8 Å². The van der Waals surface area contributed by atoms with Crippen LogP contribution in [0.3, 0.4) is 0 Å². The van der Waals surface area contributed by atoms with Crippen molar-refractivity contribution in [3.8, 4) is 11.5 Å². The van der Waals surface area contributed by atoms with Crippen molar-refractivity contribution in [2.75, 3.05) is 34.5 Å². The molecule has 1 aromatic carbocycles. The van der Waals surface area contributed by atoms with E-state index >= 15 is 0 Å². The van der Waals surface area contributed by atoms with Crippen LogP contribution in [-0.2, 0) is 9.53 Å². The van der Waals surface area contributed by atoms with E-state index in [1.807, 2.05) is 19.1 Å². The Morgan fingerprint density at radius 1 is 1.17 bits per heavy atom. The Bertz CT molecular complexity index is 671. The Labute approximate surface area is 145 Å². The monoisotopic (exact) mass is 351 g/mol. The van der Waals surface area contributed by atoms with Gasteiger partial charge in [-0.05, 0) is 43.3 Å². The number of benzene rings is 1. The highest BCUT2D eigenvalue weighted by Crippen LogP contribution is 2.37. The molecule has 0 aromatic heterocycles. The number of nitrogens with zero attached hydrogens (tertiary/aromatic N) is 1. The first kappa shape index (κ1) is 18.4. The van der Waals surface area contributed by atoms with Crippen LogP contribution in [0, 0.1) is 6.92 Å². The standard InChI is InChI=1S/C17H21NO5S/c1-11-13(22-3)7-6-12(15(11)23-4)10-14-16(19)18(17(20)24-14)8-5-9-21-2/h6-7,10H,5,8-9H2,1-4H3/b14-10+. The molecule has 0 aliphatic carbocycles. The third-order valence-corrected chi connectivity index (χ3v) is 4.61. The van der Waals surface area contributed by atoms with Gasteiger partial charge in [0.25, 0.3) is 11.1 Å². The van der Waals surface area contributed by atoms with E-state index in [4.69, 9.17) is 14.2 Å². The molecule has 1 aromatic rings. The maximum absolute atomic E-state index is 12.4. The zero-order chi connectivity index (χ0) is 17.7. The molecule has 130 valence electrons. The molecule has 1 saturated heterocycles. The molecule has 0 unspecified atom stereocenters. The van der Waals surface area contributed by atoms with Gasteiger partial charge in [0.15, 0.2) is 0 Å². The second-order valence-electron chi connectivity index (χ2n) is 5.19. The predicted octanol–water partition coefficient (Wildman–Crippen LogP) is 3.09. The molecule has 2 rings (SSSR count). The van der Waals surface area contributed by atoms with Crippen LogP contribution in [0.25, 0.3) is 6.08 Å². The lowest BCUT2D eigenvalue weighted by molar-refractivity contribution is -0.122. The number of thioether (sulfide) groups is 1. The van der Waals surface area contributed by atoms with E-state index in [1.54, 1.807) is 27.4 Å². The number of amides is 2. The van der Waals surface area contributed by atoms with Crippen molar-refractivity contribution in [2.45, 2.75) is 13.3 Å². The molecule has 1 aliphatic heterocycles. The first-order valence-corrected chi connectivity index (χ1v) is 8.31. The topological polar surface area (TPSA) is 65.1 Å². The van der Waals surface area contributed by atoms with E-state index in [2.05, 4.69) is 0 Å². The Morgan fingerprint density at radius 3 is 2.54 bits per heavy atom. The summed E-state index contributed by atoms with van der Waals surface area (Å²) in [5.41, 5.74) is 1.58. The summed E-state index contributed by atoms with van der Waals surface area (Å²) in [5, 5.41) is -0.258. The number of hydrogen-bond donors (Lipinski definition) is 0. The molecule has 0 atom stereocenters. The van der Waals surface area contributed by atoms with Crippen LogP contribution in [-0.4, -0.2) is 50.5 Å². The highest BCUT2D eigenvalue weighted by molar-refractivity contribution is 8.18. The molecule has 0 radical (unpaired) electrons. The van der Waals surface area contributed by atoms with Crippen LogP contribution in [0.1, 0.15) is 17.5 Å². The number of carbonyl (C=O) groups is 2. The van der Waals surface area contributed by atoms with E-state index in [1.165, 1.54) is 4.90 Å². The summed E-state index contributed by atoms with van der Waals surface area (Å²) >= 11 is 0.941. The largest absolute Gasteiger partial charge is 0.496 e. The average molecular weight is 351 g/mol. The number of carbonyl (C=O) groups excluding carboxylic acids is 2. The van der Waals surface area contributed by atoms with Gasteiger partial charge in [0.1, 0.15) is 11.5 Å². The molecule has 7 heteroatoms. The van der Waals surface area contributed by atoms with Gasteiger partial charge in [-0.2, -0.15) is 0 Å². The van der Waals surface area contributed by atoms with Crippen molar-refractivity contribution in [3.05, 3.63) is 28.2 Å². The summed E-state index contributed by atoms with van der Waals surface area (Å²) in [4.78, 5) is 26.1. The van der Waals surface area contributed by atoms with Crippen molar-refractivity contribution in [2.24, 2.45) is 0 Å². The van der Waals surface area contributed by atoms with Gasteiger partial charge in [0.05, 0.1) is 19.1 Å². The van der Waals surface area contributed by atoms with Crippen molar-refractivity contribution < 1.29 is 23.8 Å². The minimum absolute atomic E-state index is 0.258. The zero-order valence-electron chi connectivity index (χ0n) is 14.3. The SMILES string of the molecule is COCCCN1C(=O)S/C(=C/c2ccc(OC)c(C)c2OC)C1=O. The second kappa shape index (κ2) is 8.21. The maximum Gasteiger partial charge on any atom is 0.293 e. The molecule has 0 bridgehead atoms. The van der Waals surface area contributed by atoms with Crippen LogP contribution in [0.2, 0.25) is 0 Å². The van der Waals surface area contributed by atoms with Gasteiger partial charge in [-0.1, -0.05) is 0 Å². The second-order valence-corrected chi connectivity index (χ2v) is 6.19. The Hall–Kier alpha value is -1.99. The van der Waals surface area contributed by atoms with Crippen molar-refractivity contribution in [3.63, 3.8) is 0 Å². The Morgan fingerprint density at radius 2 is 1.92 bits per heavy atom. The summed E-state index contributed by atoms with van der Waals surface area (Å²) in [6, 6.07) is 3.62. The molecule has 2 amide bonds. The number of hydrogen-bond acceptors (Lipinski definition) is 6. The molecule has 1 aliphatic rings. The van der Waals surface area contributed by atoms with E-state index in [-0.39, 0.29) is 11.1 Å². The summed E-state index contributed by atoms with van der Waals surface area (Å²) in [6.07, 6.45) is 2.30. The van der Waals surface area contributed by atoms with Crippen molar-refractivity contribution in [1.29, 1.82) is 0 Å². The van der Waals surface area contributed by atoms with E-state index in [0.29, 0.717) is 36.0 Å². The molecule has 24 heavy (non-hydrogen) atoms. The van der Waals surface area contributed by atoms with Crippen molar-refractivity contribution >= 4 is 29.0 Å². The minimum Gasteiger partial charge on any atom is -0.496 e. The van der Waals surface area contributed by atoms with Gasteiger partial charge in [0.2, 0.25) is 0 Å². The molecular weight excluding hydrogens is 330 g/mol. The highest BCUT2D eigenvalue weighted by Gasteiger charge is 2.34. The highest BCUT2D eigenvalue weighted by atomic mass is 32.2. The lowest BCUT2D eigenvalue weighted by Gasteiger charge is -2.13. The van der Waals surface area contributed by atoms with E-state index < -0.39 is 0 Å². The van der Waals surface area contributed by atoms with Crippen LogP contribution in [0.4, 0.5) is 4.79 Å². The fourth-order valence-corrected chi connectivity index (χ4v) is 3.36.